The molecule has 0 amide bonds. The van der Waals surface area contributed by atoms with Crippen LogP contribution in [0.15, 0.2) is 29.6 Å². The van der Waals surface area contributed by atoms with E-state index in [0.717, 1.165) is 10.9 Å². The Hall–Kier alpha value is -0.970. The van der Waals surface area contributed by atoms with Crippen molar-refractivity contribution in [2.24, 2.45) is 0 Å². The van der Waals surface area contributed by atoms with E-state index in [4.69, 9.17) is 11.6 Å². The van der Waals surface area contributed by atoms with Crippen molar-refractivity contribution in [3.63, 3.8) is 0 Å². The molecule has 2 rings (SSSR count). The Morgan fingerprint density at radius 1 is 1.28 bits per heavy atom. The molecule has 1 unspecified atom stereocenters. The minimum Gasteiger partial charge on any atom is -0.306 e. The van der Waals surface area contributed by atoms with E-state index < -0.39 is 11.6 Å². The first-order valence-corrected chi connectivity index (χ1v) is 6.80. The van der Waals surface area contributed by atoms with Crippen LogP contribution in [0.1, 0.15) is 23.4 Å². The van der Waals surface area contributed by atoms with Gasteiger partial charge in [-0.25, -0.2) is 8.78 Å². The number of halogens is 3. The zero-order valence-electron chi connectivity index (χ0n) is 9.71. The van der Waals surface area contributed by atoms with Crippen molar-refractivity contribution in [1.29, 1.82) is 0 Å². The highest BCUT2D eigenvalue weighted by atomic mass is 35.5. The van der Waals surface area contributed by atoms with Crippen LogP contribution < -0.4 is 5.32 Å². The predicted molar refractivity (Wildman–Crippen MR) is 71.2 cm³/mol. The predicted octanol–water partition coefficient (Wildman–Crippen LogP) is 4.38. The highest BCUT2D eigenvalue weighted by Crippen LogP contribution is 2.33. The lowest BCUT2D eigenvalue weighted by Gasteiger charge is -2.17. The molecular weight excluding hydrogens is 276 g/mol. The van der Waals surface area contributed by atoms with E-state index in [0.29, 0.717) is 17.1 Å². The number of hydrogen-bond acceptors (Lipinski definition) is 2. The van der Waals surface area contributed by atoms with Crippen molar-refractivity contribution in [1.82, 2.24) is 5.32 Å². The van der Waals surface area contributed by atoms with Gasteiger partial charge >= 0.3 is 0 Å². The van der Waals surface area contributed by atoms with Gasteiger partial charge < -0.3 is 5.32 Å². The Bertz CT molecular complexity index is 521. The molecule has 1 heterocycles. The molecule has 1 N–H and O–H groups in total. The molecule has 96 valence electrons. The van der Waals surface area contributed by atoms with Crippen molar-refractivity contribution >= 4 is 22.9 Å². The van der Waals surface area contributed by atoms with Crippen LogP contribution in [-0.4, -0.2) is 6.54 Å². The summed E-state index contributed by atoms with van der Waals surface area (Å²) in [6.45, 7) is 2.61. The first kappa shape index (κ1) is 13.5. The fraction of sp³-hybridized carbons (Fsp3) is 0.231. The third-order valence-corrected chi connectivity index (χ3v) is 3.96. The zero-order chi connectivity index (χ0) is 13.1. The lowest BCUT2D eigenvalue weighted by atomic mass is 10.0. The molecule has 0 fully saturated rings. The lowest BCUT2D eigenvalue weighted by Crippen LogP contribution is -2.21. The summed E-state index contributed by atoms with van der Waals surface area (Å²) in [6, 6.07) is 5.01. The highest BCUT2D eigenvalue weighted by Gasteiger charge is 2.18. The molecule has 5 heteroatoms. The third-order valence-electron chi connectivity index (χ3n) is 2.53. The molecule has 0 radical (unpaired) electrons. The van der Waals surface area contributed by atoms with Crippen LogP contribution in [0.3, 0.4) is 0 Å². The van der Waals surface area contributed by atoms with Crippen LogP contribution in [0.5, 0.6) is 0 Å². The second-order valence-corrected chi connectivity index (χ2v) is 5.18. The lowest BCUT2D eigenvalue weighted by molar-refractivity contribution is 0.567. The molecule has 0 saturated heterocycles. The largest absolute Gasteiger partial charge is 0.306 e. The Labute approximate surface area is 113 Å². The summed E-state index contributed by atoms with van der Waals surface area (Å²) in [5.74, 6) is -1.17. The molecule has 1 atom stereocenters. The van der Waals surface area contributed by atoms with Gasteiger partial charge in [0.05, 0.1) is 11.1 Å². The summed E-state index contributed by atoms with van der Waals surface area (Å²) in [5, 5.41) is 5.66. The van der Waals surface area contributed by atoms with Gasteiger partial charge in [-0.15, -0.1) is 11.3 Å². The van der Waals surface area contributed by atoms with Crippen molar-refractivity contribution in [2.45, 2.75) is 13.0 Å². The minimum absolute atomic E-state index is 0.285. The number of benzene rings is 1. The van der Waals surface area contributed by atoms with Gasteiger partial charge in [0.1, 0.15) is 11.6 Å². The normalized spacial score (nSPS) is 12.7. The minimum atomic E-state index is -0.583. The van der Waals surface area contributed by atoms with Crippen LogP contribution in [0.25, 0.3) is 0 Å². The van der Waals surface area contributed by atoms with Gasteiger partial charge in [-0.05, 0) is 35.7 Å². The highest BCUT2D eigenvalue weighted by molar-refractivity contribution is 7.10. The van der Waals surface area contributed by atoms with Crippen LogP contribution in [-0.2, 0) is 0 Å². The Kier molecular flexibility index (Phi) is 4.32. The van der Waals surface area contributed by atoms with Gasteiger partial charge in [0.15, 0.2) is 0 Å². The smallest absolute Gasteiger partial charge is 0.126 e. The fourth-order valence-corrected chi connectivity index (χ4v) is 3.09. The van der Waals surface area contributed by atoms with Crippen molar-refractivity contribution in [3.8, 4) is 0 Å². The summed E-state index contributed by atoms with van der Waals surface area (Å²) in [4.78, 5) is 0.864. The van der Waals surface area contributed by atoms with E-state index in [1.54, 1.807) is 6.07 Å². The number of hydrogen-bond donors (Lipinski definition) is 1. The van der Waals surface area contributed by atoms with Crippen molar-refractivity contribution in [2.75, 3.05) is 6.54 Å². The molecule has 1 aromatic heterocycles. The van der Waals surface area contributed by atoms with E-state index in [9.17, 15) is 8.78 Å². The monoisotopic (exact) mass is 287 g/mol. The maximum Gasteiger partial charge on any atom is 0.126 e. The molecule has 0 spiro atoms. The van der Waals surface area contributed by atoms with Gasteiger partial charge in [-0.2, -0.15) is 0 Å². The molecule has 1 aromatic carbocycles. The van der Waals surface area contributed by atoms with Gasteiger partial charge in [0.25, 0.3) is 0 Å². The average molecular weight is 288 g/mol. The molecule has 1 nitrogen and oxygen atoms in total. The van der Waals surface area contributed by atoms with Crippen molar-refractivity contribution in [3.05, 3.63) is 56.7 Å². The second kappa shape index (κ2) is 5.78. The first-order valence-electron chi connectivity index (χ1n) is 5.54. The van der Waals surface area contributed by atoms with E-state index in [1.807, 2.05) is 12.3 Å². The van der Waals surface area contributed by atoms with Gasteiger partial charge in [0, 0.05) is 10.9 Å². The van der Waals surface area contributed by atoms with E-state index in [-0.39, 0.29) is 6.04 Å². The SMILES string of the molecule is CCNC(c1cc(F)cc(F)c1)c1sccc1Cl. The molecular formula is C13H12ClF2NS. The quantitative estimate of drug-likeness (QED) is 0.880. The van der Waals surface area contributed by atoms with E-state index in [1.165, 1.54) is 23.5 Å². The van der Waals surface area contributed by atoms with Gasteiger partial charge in [-0.1, -0.05) is 18.5 Å². The fourth-order valence-electron chi connectivity index (χ4n) is 1.82. The first-order chi connectivity index (χ1) is 8.61. The van der Waals surface area contributed by atoms with Crippen LogP contribution >= 0.6 is 22.9 Å². The molecule has 0 aliphatic carbocycles. The summed E-state index contributed by atoms with van der Waals surface area (Å²) in [5.41, 5.74) is 0.540. The van der Waals surface area contributed by atoms with Crippen molar-refractivity contribution < 1.29 is 8.78 Å². The van der Waals surface area contributed by atoms with Crippen LogP contribution in [0.2, 0.25) is 5.02 Å². The zero-order valence-corrected chi connectivity index (χ0v) is 11.3. The van der Waals surface area contributed by atoms with Gasteiger partial charge in [0.2, 0.25) is 0 Å². The average Bonchev–Trinajstić information content (AvgIpc) is 2.71. The standard InChI is InChI=1S/C13H12ClF2NS/c1-2-17-12(13-11(14)3-4-18-13)8-5-9(15)7-10(16)6-8/h3-7,12,17H,2H2,1H3. The van der Waals surface area contributed by atoms with Crippen LogP contribution in [0, 0.1) is 11.6 Å². The summed E-state index contributed by atoms with van der Waals surface area (Å²) in [7, 11) is 0. The number of thiophene rings is 1. The maximum absolute atomic E-state index is 13.3. The molecule has 2 aromatic rings. The summed E-state index contributed by atoms with van der Waals surface area (Å²) in [6.07, 6.45) is 0. The molecule has 0 aliphatic rings. The van der Waals surface area contributed by atoms with E-state index >= 15 is 0 Å². The van der Waals surface area contributed by atoms with Crippen LogP contribution in [0.4, 0.5) is 8.78 Å². The summed E-state index contributed by atoms with van der Waals surface area (Å²) < 4.78 is 26.5. The summed E-state index contributed by atoms with van der Waals surface area (Å²) >= 11 is 7.55. The molecule has 0 saturated carbocycles. The number of rotatable bonds is 4. The Morgan fingerprint density at radius 2 is 1.94 bits per heavy atom. The Balaban J connectivity index is 2.44. The maximum atomic E-state index is 13.3. The Morgan fingerprint density at radius 3 is 2.44 bits per heavy atom. The number of nitrogens with one attached hydrogen (secondary N) is 1. The van der Waals surface area contributed by atoms with Gasteiger partial charge in [-0.3, -0.25) is 0 Å². The molecule has 0 bridgehead atoms. The second-order valence-electron chi connectivity index (χ2n) is 3.83. The third kappa shape index (κ3) is 2.88. The molecule has 18 heavy (non-hydrogen) atoms. The topological polar surface area (TPSA) is 12.0 Å². The van der Waals surface area contributed by atoms with E-state index in [2.05, 4.69) is 5.32 Å². The molecule has 0 aliphatic heterocycles.